The SMILES string of the molecule is C#Cc1ccc2nc3c4ccc5c6ccc7c(=O)n8c9cc(C#CC)ccc9nc8c8ccc(c9ccc(c(=O)n3c2c1)c4c95)c6c78. The van der Waals surface area contributed by atoms with Gasteiger partial charge in [-0.05, 0) is 99.9 Å². The Morgan fingerprint density at radius 1 is 0.532 bits per heavy atom. The largest absolute Gasteiger partial charge is 0.268 e. The first-order valence-corrected chi connectivity index (χ1v) is 15.3. The molecule has 0 bridgehead atoms. The Labute approximate surface area is 264 Å². The number of rotatable bonds is 0. The first-order valence-electron chi connectivity index (χ1n) is 15.3. The summed E-state index contributed by atoms with van der Waals surface area (Å²) in [5, 5.41) is 11.0. The fraction of sp³-hybridized carbons (Fsp3) is 0.0244. The van der Waals surface area contributed by atoms with Gasteiger partial charge < -0.3 is 0 Å². The number of hydrogen-bond acceptors (Lipinski definition) is 4. The first-order chi connectivity index (χ1) is 23.1. The van der Waals surface area contributed by atoms with E-state index in [2.05, 4.69) is 48.1 Å². The molecule has 0 radical (unpaired) electrons. The fourth-order valence-electron chi connectivity index (χ4n) is 8.09. The van der Waals surface area contributed by atoms with E-state index < -0.39 is 0 Å². The number of aromatic nitrogens is 4. The summed E-state index contributed by atoms with van der Waals surface area (Å²) in [6.45, 7) is 1.80. The quantitative estimate of drug-likeness (QED) is 0.102. The lowest BCUT2D eigenvalue weighted by atomic mass is 9.86. The van der Waals surface area contributed by atoms with Crippen LogP contribution in [0.2, 0.25) is 0 Å². The third-order valence-electron chi connectivity index (χ3n) is 10.00. The van der Waals surface area contributed by atoms with Crippen LogP contribution in [0.1, 0.15) is 18.1 Å². The third kappa shape index (κ3) is 2.77. The van der Waals surface area contributed by atoms with E-state index in [-0.39, 0.29) is 11.1 Å². The Kier molecular flexibility index (Phi) is 4.22. The standard InChI is InChI=1S/C41H18N4O2/c1-3-5-21-7-17-31-33(19-21)45-39(43-31)27-13-9-23-24-10-14-28-36-26(38-42-30-16-6-20(4-2)18-32(30)44(38)40(28)46)12-8-22(34(24)36)25-11-15-29(41(45)47)37(27)35(23)25/h2,6-19H,1H3. The number of pyridine rings is 2. The van der Waals surface area contributed by atoms with Crippen LogP contribution in [0.5, 0.6) is 0 Å². The minimum Gasteiger partial charge on any atom is -0.268 e. The Morgan fingerprint density at radius 3 is 1.40 bits per heavy atom. The highest BCUT2D eigenvalue weighted by Gasteiger charge is 2.24. The molecule has 0 aliphatic carbocycles. The molecule has 6 heteroatoms. The molecule has 0 spiro atoms. The zero-order chi connectivity index (χ0) is 31.3. The van der Waals surface area contributed by atoms with Crippen molar-refractivity contribution in [1.29, 1.82) is 0 Å². The van der Waals surface area contributed by atoms with Gasteiger partial charge >= 0.3 is 0 Å². The maximum absolute atomic E-state index is 14.2. The zero-order valence-corrected chi connectivity index (χ0v) is 24.8. The summed E-state index contributed by atoms with van der Waals surface area (Å²) in [5.41, 5.74) is 5.49. The highest BCUT2D eigenvalue weighted by Crippen LogP contribution is 2.45. The van der Waals surface area contributed by atoms with Crippen LogP contribution in [-0.4, -0.2) is 18.8 Å². The Morgan fingerprint density at radius 2 is 0.936 bits per heavy atom. The summed E-state index contributed by atoms with van der Waals surface area (Å²) in [6.07, 6.45) is 5.69. The Bertz CT molecular complexity index is 3460. The minimum absolute atomic E-state index is 0.103. The van der Waals surface area contributed by atoms with Crippen molar-refractivity contribution in [2.75, 3.05) is 0 Å². The van der Waals surface area contributed by atoms with Gasteiger partial charge in [-0.25, -0.2) is 9.97 Å². The van der Waals surface area contributed by atoms with Crippen molar-refractivity contribution in [2.24, 2.45) is 0 Å². The molecular weight excluding hydrogens is 580 g/mol. The van der Waals surface area contributed by atoms with Crippen LogP contribution in [0.25, 0.3) is 98.0 Å². The average Bonchev–Trinajstić information content (AvgIpc) is 3.68. The van der Waals surface area contributed by atoms with Crippen LogP contribution in [-0.2, 0) is 0 Å². The smallest absolute Gasteiger partial charge is 0.264 e. The molecule has 0 unspecified atom stereocenters. The van der Waals surface area contributed by atoms with Crippen LogP contribution >= 0.6 is 0 Å². The van der Waals surface area contributed by atoms with Crippen molar-refractivity contribution in [3.63, 3.8) is 0 Å². The summed E-state index contributed by atoms with van der Waals surface area (Å²) >= 11 is 0. The number of nitrogens with zero attached hydrogens (tertiary/aromatic N) is 4. The van der Waals surface area contributed by atoms with Crippen molar-refractivity contribution < 1.29 is 0 Å². The highest BCUT2D eigenvalue weighted by atomic mass is 16.1. The zero-order valence-electron chi connectivity index (χ0n) is 24.8. The van der Waals surface area contributed by atoms with E-state index in [4.69, 9.17) is 16.4 Å². The summed E-state index contributed by atoms with van der Waals surface area (Å²) in [6, 6.07) is 27.7. The number of imidazole rings is 2. The molecule has 0 fully saturated rings. The Hall–Kier alpha value is -6.76. The summed E-state index contributed by atoms with van der Waals surface area (Å²) < 4.78 is 3.41. The van der Waals surface area contributed by atoms with Crippen molar-refractivity contribution in [1.82, 2.24) is 18.8 Å². The lowest BCUT2D eigenvalue weighted by Gasteiger charge is -2.18. The van der Waals surface area contributed by atoms with E-state index in [0.717, 1.165) is 76.0 Å². The second-order valence-corrected chi connectivity index (χ2v) is 12.2. The molecule has 4 aromatic heterocycles. The molecule has 0 N–H and O–H groups in total. The van der Waals surface area contributed by atoms with Gasteiger partial charge in [-0.2, -0.15) is 0 Å². The average molecular weight is 599 g/mol. The molecule has 11 aromatic rings. The molecule has 0 aliphatic heterocycles. The third-order valence-corrected chi connectivity index (χ3v) is 10.00. The van der Waals surface area contributed by atoms with Crippen LogP contribution in [0, 0.1) is 24.2 Å². The van der Waals surface area contributed by atoms with Crippen molar-refractivity contribution in [2.45, 2.75) is 6.92 Å². The molecule has 0 atom stereocenters. The van der Waals surface area contributed by atoms with E-state index in [1.807, 2.05) is 54.6 Å². The van der Waals surface area contributed by atoms with Crippen LogP contribution in [0.4, 0.5) is 0 Å². The molecule has 0 amide bonds. The van der Waals surface area contributed by atoms with Gasteiger partial charge in [0.25, 0.3) is 11.1 Å². The predicted molar refractivity (Wildman–Crippen MR) is 191 cm³/mol. The number of benzene rings is 7. The molecule has 0 saturated carbocycles. The second-order valence-electron chi connectivity index (χ2n) is 12.2. The molecular formula is C41H18N4O2. The minimum atomic E-state index is -0.124. The van der Waals surface area contributed by atoms with Gasteiger partial charge in [0.15, 0.2) is 0 Å². The molecule has 214 valence electrons. The summed E-state index contributed by atoms with van der Waals surface area (Å²) in [5.74, 6) is 8.71. The van der Waals surface area contributed by atoms with Gasteiger partial charge in [0, 0.05) is 43.4 Å². The normalized spacial score (nSPS) is 12.3. The molecule has 0 saturated heterocycles. The number of terminal acetylenes is 1. The molecule has 11 rings (SSSR count). The van der Waals surface area contributed by atoms with E-state index in [0.29, 0.717) is 33.1 Å². The summed E-state index contributed by atoms with van der Waals surface area (Å²) in [7, 11) is 0. The maximum atomic E-state index is 14.2. The fourth-order valence-corrected chi connectivity index (χ4v) is 8.09. The predicted octanol–water partition coefficient (Wildman–Crippen LogP) is 7.59. The van der Waals surface area contributed by atoms with Gasteiger partial charge in [-0.3, -0.25) is 18.4 Å². The number of fused-ring (bicyclic) bond motifs is 10. The monoisotopic (exact) mass is 598 g/mol. The van der Waals surface area contributed by atoms with Gasteiger partial charge in [0.1, 0.15) is 11.3 Å². The highest BCUT2D eigenvalue weighted by molar-refractivity contribution is 6.40. The topological polar surface area (TPSA) is 68.7 Å². The van der Waals surface area contributed by atoms with Crippen LogP contribution in [0.3, 0.4) is 0 Å². The lowest BCUT2D eigenvalue weighted by Crippen LogP contribution is -2.14. The van der Waals surface area contributed by atoms with Crippen LogP contribution < -0.4 is 11.1 Å². The maximum Gasteiger partial charge on any atom is 0.264 e. The molecule has 6 nitrogen and oxygen atoms in total. The van der Waals surface area contributed by atoms with Gasteiger partial charge in [-0.1, -0.05) is 36.1 Å². The van der Waals surface area contributed by atoms with Crippen molar-refractivity contribution >= 4 is 98.0 Å². The van der Waals surface area contributed by atoms with Crippen molar-refractivity contribution in [3.05, 3.63) is 117 Å². The Balaban J connectivity index is 1.33. The molecule has 7 aromatic carbocycles. The molecule has 0 aliphatic rings. The van der Waals surface area contributed by atoms with E-state index >= 15 is 0 Å². The van der Waals surface area contributed by atoms with E-state index in [1.165, 1.54) is 0 Å². The van der Waals surface area contributed by atoms with Gasteiger partial charge in [0.05, 0.1) is 22.1 Å². The van der Waals surface area contributed by atoms with Crippen molar-refractivity contribution in [3.8, 4) is 24.2 Å². The van der Waals surface area contributed by atoms with E-state index in [9.17, 15) is 9.59 Å². The number of hydrogen-bond donors (Lipinski definition) is 0. The van der Waals surface area contributed by atoms with E-state index in [1.54, 1.807) is 15.7 Å². The van der Waals surface area contributed by atoms with Gasteiger partial charge in [0.2, 0.25) is 0 Å². The lowest BCUT2D eigenvalue weighted by molar-refractivity contribution is 1.19. The summed E-state index contributed by atoms with van der Waals surface area (Å²) in [4.78, 5) is 38.3. The van der Waals surface area contributed by atoms with Crippen LogP contribution in [0.15, 0.2) is 94.5 Å². The first kappa shape index (κ1) is 24.5. The second kappa shape index (κ2) is 8.09. The molecule has 47 heavy (non-hydrogen) atoms. The van der Waals surface area contributed by atoms with Gasteiger partial charge in [-0.15, -0.1) is 12.3 Å². The molecule has 4 heterocycles.